The largest absolute Gasteiger partial charge is 0.396 e. The standard InChI is InChI=1S/C9H20O/c1-4-9(5-2,6-3)7-8-10/h10H,4-8H2,1-3H3. The molecule has 62 valence electrons. The van der Waals surface area contributed by atoms with Crippen LogP contribution < -0.4 is 0 Å². The Labute approximate surface area is 64.5 Å². The van der Waals surface area contributed by atoms with E-state index < -0.39 is 0 Å². The molecule has 1 nitrogen and oxygen atoms in total. The molecule has 0 radical (unpaired) electrons. The lowest BCUT2D eigenvalue weighted by molar-refractivity contribution is 0.162. The Hall–Kier alpha value is -0.0400. The molecule has 0 heterocycles. The summed E-state index contributed by atoms with van der Waals surface area (Å²) in [5, 5.41) is 8.80. The smallest absolute Gasteiger partial charge is 0.0436 e. The van der Waals surface area contributed by atoms with Crippen molar-refractivity contribution < 1.29 is 5.11 Å². The molecule has 0 aliphatic heterocycles. The van der Waals surface area contributed by atoms with Crippen LogP contribution in [0.25, 0.3) is 0 Å². The Morgan fingerprint density at radius 2 is 1.40 bits per heavy atom. The summed E-state index contributed by atoms with van der Waals surface area (Å²) < 4.78 is 0. The van der Waals surface area contributed by atoms with Gasteiger partial charge in [0, 0.05) is 6.61 Å². The SMILES string of the molecule is CCC(CC)(CC)CCO. The van der Waals surface area contributed by atoms with Crippen molar-refractivity contribution in [2.75, 3.05) is 6.61 Å². The lowest BCUT2D eigenvalue weighted by atomic mass is 9.77. The molecule has 0 aromatic carbocycles. The van der Waals surface area contributed by atoms with Crippen LogP contribution in [0.4, 0.5) is 0 Å². The predicted molar refractivity (Wildman–Crippen MR) is 45.0 cm³/mol. The van der Waals surface area contributed by atoms with Gasteiger partial charge in [-0.2, -0.15) is 0 Å². The first-order valence-corrected chi connectivity index (χ1v) is 4.35. The van der Waals surface area contributed by atoms with E-state index in [-0.39, 0.29) is 0 Å². The minimum Gasteiger partial charge on any atom is -0.396 e. The highest BCUT2D eigenvalue weighted by Gasteiger charge is 2.22. The van der Waals surface area contributed by atoms with Gasteiger partial charge in [0.05, 0.1) is 0 Å². The quantitative estimate of drug-likeness (QED) is 0.628. The van der Waals surface area contributed by atoms with Crippen LogP contribution in [-0.4, -0.2) is 11.7 Å². The minimum absolute atomic E-state index is 0.343. The van der Waals surface area contributed by atoms with Crippen LogP contribution >= 0.6 is 0 Å². The van der Waals surface area contributed by atoms with Crippen LogP contribution in [0, 0.1) is 5.41 Å². The van der Waals surface area contributed by atoms with Crippen LogP contribution in [0.2, 0.25) is 0 Å². The third-order valence-electron chi connectivity index (χ3n) is 2.89. The molecule has 0 spiro atoms. The van der Waals surface area contributed by atoms with Gasteiger partial charge in [0.1, 0.15) is 0 Å². The van der Waals surface area contributed by atoms with E-state index in [0.29, 0.717) is 12.0 Å². The van der Waals surface area contributed by atoms with Gasteiger partial charge in [-0.05, 0) is 11.8 Å². The lowest BCUT2D eigenvalue weighted by Gasteiger charge is -2.29. The highest BCUT2D eigenvalue weighted by molar-refractivity contribution is 4.73. The summed E-state index contributed by atoms with van der Waals surface area (Å²) in [4.78, 5) is 0. The molecule has 0 fully saturated rings. The highest BCUT2D eigenvalue weighted by Crippen LogP contribution is 2.33. The maximum absolute atomic E-state index is 8.80. The first kappa shape index (κ1) is 9.96. The molecule has 0 amide bonds. The summed E-state index contributed by atoms with van der Waals surface area (Å²) in [6.07, 6.45) is 4.55. The maximum atomic E-state index is 8.80. The summed E-state index contributed by atoms with van der Waals surface area (Å²) in [5.74, 6) is 0. The molecule has 0 aliphatic rings. The molecular weight excluding hydrogens is 124 g/mol. The van der Waals surface area contributed by atoms with Crippen molar-refractivity contribution in [3.63, 3.8) is 0 Å². The molecule has 10 heavy (non-hydrogen) atoms. The van der Waals surface area contributed by atoms with Crippen molar-refractivity contribution in [1.29, 1.82) is 0 Å². The van der Waals surface area contributed by atoms with Gasteiger partial charge in [-0.25, -0.2) is 0 Å². The molecule has 0 saturated carbocycles. The number of rotatable bonds is 5. The van der Waals surface area contributed by atoms with E-state index in [9.17, 15) is 0 Å². The van der Waals surface area contributed by atoms with Gasteiger partial charge in [-0.1, -0.05) is 40.0 Å². The van der Waals surface area contributed by atoms with Crippen LogP contribution in [-0.2, 0) is 0 Å². The molecule has 1 heteroatoms. The normalized spacial score (nSPS) is 12.0. The van der Waals surface area contributed by atoms with Gasteiger partial charge < -0.3 is 5.11 Å². The summed E-state index contributed by atoms with van der Waals surface area (Å²) in [5.41, 5.74) is 0.425. The van der Waals surface area contributed by atoms with Crippen LogP contribution in [0.3, 0.4) is 0 Å². The Bertz CT molecular complexity index is 66.5. The number of aliphatic hydroxyl groups excluding tert-OH is 1. The fourth-order valence-electron chi connectivity index (χ4n) is 1.52. The fraction of sp³-hybridized carbons (Fsp3) is 1.00. The lowest BCUT2D eigenvalue weighted by Crippen LogP contribution is -2.19. The minimum atomic E-state index is 0.343. The fourth-order valence-corrected chi connectivity index (χ4v) is 1.52. The summed E-state index contributed by atoms with van der Waals surface area (Å²) in [6.45, 7) is 6.98. The molecule has 0 rings (SSSR count). The van der Waals surface area contributed by atoms with Crippen molar-refractivity contribution in [2.24, 2.45) is 5.41 Å². The predicted octanol–water partition coefficient (Wildman–Crippen LogP) is 2.59. The average Bonchev–Trinajstić information content (AvgIpc) is 2.01. The Morgan fingerprint density at radius 1 is 1.00 bits per heavy atom. The number of aliphatic hydroxyl groups is 1. The van der Waals surface area contributed by atoms with Gasteiger partial charge >= 0.3 is 0 Å². The zero-order valence-corrected chi connectivity index (χ0v) is 7.48. The van der Waals surface area contributed by atoms with Crippen molar-refractivity contribution >= 4 is 0 Å². The zero-order chi connectivity index (χ0) is 8.04. The average molecular weight is 144 g/mol. The van der Waals surface area contributed by atoms with Crippen LogP contribution in [0.1, 0.15) is 46.5 Å². The van der Waals surface area contributed by atoms with E-state index in [1.54, 1.807) is 0 Å². The first-order valence-electron chi connectivity index (χ1n) is 4.35. The molecule has 0 aromatic rings. The molecule has 0 bridgehead atoms. The van der Waals surface area contributed by atoms with Gasteiger partial charge in [0.15, 0.2) is 0 Å². The van der Waals surface area contributed by atoms with E-state index in [4.69, 9.17) is 5.11 Å². The highest BCUT2D eigenvalue weighted by atomic mass is 16.3. The second-order valence-electron chi connectivity index (χ2n) is 3.03. The van der Waals surface area contributed by atoms with E-state index in [0.717, 1.165) is 6.42 Å². The Morgan fingerprint density at radius 3 is 1.50 bits per heavy atom. The van der Waals surface area contributed by atoms with Crippen molar-refractivity contribution in [1.82, 2.24) is 0 Å². The molecule has 0 atom stereocenters. The Balaban J connectivity index is 3.87. The van der Waals surface area contributed by atoms with Crippen molar-refractivity contribution in [3.05, 3.63) is 0 Å². The van der Waals surface area contributed by atoms with E-state index in [2.05, 4.69) is 20.8 Å². The Kier molecular flexibility index (Phi) is 4.71. The van der Waals surface area contributed by atoms with Crippen LogP contribution in [0.5, 0.6) is 0 Å². The number of hydrogen-bond acceptors (Lipinski definition) is 1. The van der Waals surface area contributed by atoms with E-state index in [1.807, 2.05) is 0 Å². The first-order chi connectivity index (χ1) is 4.74. The topological polar surface area (TPSA) is 20.2 Å². The van der Waals surface area contributed by atoms with Gasteiger partial charge in [-0.15, -0.1) is 0 Å². The molecule has 0 aromatic heterocycles. The summed E-state index contributed by atoms with van der Waals surface area (Å²) in [7, 11) is 0. The number of hydrogen-bond donors (Lipinski definition) is 1. The molecule has 0 unspecified atom stereocenters. The van der Waals surface area contributed by atoms with E-state index >= 15 is 0 Å². The zero-order valence-electron chi connectivity index (χ0n) is 7.48. The van der Waals surface area contributed by atoms with E-state index in [1.165, 1.54) is 19.3 Å². The van der Waals surface area contributed by atoms with Gasteiger partial charge in [0.2, 0.25) is 0 Å². The molecular formula is C9H20O. The van der Waals surface area contributed by atoms with Crippen molar-refractivity contribution in [2.45, 2.75) is 46.5 Å². The van der Waals surface area contributed by atoms with Gasteiger partial charge in [-0.3, -0.25) is 0 Å². The van der Waals surface area contributed by atoms with Crippen LogP contribution in [0.15, 0.2) is 0 Å². The monoisotopic (exact) mass is 144 g/mol. The van der Waals surface area contributed by atoms with Gasteiger partial charge in [0.25, 0.3) is 0 Å². The second kappa shape index (κ2) is 4.73. The third-order valence-corrected chi connectivity index (χ3v) is 2.89. The second-order valence-corrected chi connectivity index (χ2v) is 3.03. The summed E-state index contributed by atoms with van der Waals surface area (Å²) >= 11 is 0. The maximum Gasteiger partial charge on any atom is 0.0436 e. The molecule has 0 saturated heterocycles. The molecule has 1 N–H and O–H groups in total. The summed E-state index contributed by atoms with van der Waals surface area (Å²) in [6, 6.07) is 0. The third kappa shape index (κ3) is 2.30. The molecule has 0 aliphatic carbocycles. The van der Waals surface area contributed by atoms with Crippen molar-refractivity contribution in [3.8, 4) is 0 Å².